The SMILES string of the molecule is CC(C)(C=O)O[n+]1ccccc1. The van der Waals surface area contributed by atoms with E-state index in [0.29, 0.717) is 0 Å². The average Bonchev–Trinajstić information content (AvgIpc) is 2.06. The van der Waals surface area contributed by atoms with E-state index < -0.39 is 5.60 Å². The summed E-state index contributed by atoms with van der Waals surface area (Å²) in [5.74, 6) is 0. The van der Waals surface area contributed by atoms with E-state index in [1.165, 1.54) is 4.73 Å². The molecule has 0 amide bonds. The standard InChI is InChI=1S/C9H12NO2/c1-9(2,8-11)12-10-6-4-3-5-7-10/h3-8H,1-2H3/q+1. The zero-order chi connectivity index (χ0) is 9.03. The van der Waals surface area contributed by atoms with Gasteiger partial charge in [-0.15, -0.1) is 0 Å². The highest BCUT2D eigenvalue weighted by Gasteiger charge is 2.23. The highest BCUT2D eigenvalue weighted by atomic mass is 16.7. The van der Waals surface area contributed by atoms with Gasteiger partial charge in [-0.2, -0.15) is 0 Å². The zero-order valence-corrected chi connectivity index (χ0v) is 7.23. The van der Waals surface area contributed by atoms with Crippen molar-refractivity contribution >= 4 is 6.29 Å². The lowest BCUT2D eigenvalue weighted by molar-refractivity contribution is -0.902. The van der Waals surface area contributed by atoms with Crippen LogP contribution in [0.5, 0.6) is 0 Å². The van der Waals surface area contributed by atoms with E-state index in [4.69, 9.17) is 4.84 Å². The Hall–Kier alpha value is -1.38. The summed E-state index contributed by atoms with van der Waals surface area (Å²) in [5, 5.41) is 0. The average molecular weight is 166 g/mol. The van der Waals surface area contributed by atoms with Gasteiger partial charge in [-0.3, -0.25) is 9.63 Å². The zero-order valence-electron chi connectivity index (χ0n) is 7.23. The fraction of sp³-hybridized carbons (Fsp3) is 0.333. The molecule has 0 bridgehead atoms. The van der Waals surface area contributed by atoms with Gasteiger partial charge in [0.2, 0.25) is 18.0 Å². The first-order valence-electron chi connectivity index (χ1n) is 3.76. The van der Waals surface area contributed by atoms with Gasteiger partial charge in [0.1, 0.15) is 0 Å². The van der Waals surface area contributed by atoms with Crippen LogP contribution in [-0.2, 0) is 4.79 Å². The van der Waals surface area contributed by atoms with E-state index in [1.807, 2.05) is 18.2 Å². The molecular weight excluding hydrogens is 154 g/mol. The Morgan fingerprint density at radius 1 is 1.25 bits per heavy atom. The number of hydrogen-bond donors (Lipinski definition) is 0. The molecule has 0 aliphatic rings. The van der Waals surface area contributed by atoms with Gasteiger partial charge in [-0.05, 0) is 13.8 Å². The Kier molecular flexibility index (Phi) is 2.43. The molecule has 1 rings (SSSR count). The molecule has 0 saturated carbocycles. The number of aromatic nitrogens is 1. The number of pyridine rings is 1. The maximum atomic E-state index is 10.5. The molecule has 0 N–H and O–H groups in total. The quantitative estimate of drug-likeness (QED) is 0.480. The lowest BCUT2D eigenvalue weighted by Gasteiger charge is -2.11. The van der Waals surface area contributed by atoms with E-state index >= 15 is 0 Å². The minimum absolute atomic E-state index is 0.771. The van der Waals surface area contributed by atoms with Gasteiger partial charge >= 0.3 is 0 Å². The summed E-state index contributed by atoms with van der Waals surface area (Å²) in [7, 11) is 0. The van der Waals surface area contributed by atoms with Gasteiger partial charge in [-0.25, -0.2) is 0 Å². The molecule has 0 radical (unpaired) electrons. The van der Waals surface area contributed by atoms with Crippen molar-refractivity contribution in [3.8, 4) is 0 Å². The molecule has 0 fully saturated rings. The Balaban J connectivity index is 2.70. The Bertz CT molecular complexity index is 256. The molecule has 0 spiro atoms. The molecule has 0 saturated heterocycles. The van der Waals surface area contributed by atoms with Crippen LogP contribution in [0, 0.1) is 0 Å². The maximum absolute atomic E-state index is 10.5. The maximum Gasteiger partial charge on any atom is 0.229 e. The van der Waals surface area contributed by atoms with Gasteiger partial charge in [0, 0.05) is 16.9 Å². The largest absolute Gasteiger partial charge is 0.299 e. The molecule has 1 heterocycles. The molecule has 1 aromatic rings. The van der Waals surface area contributed by atoms with Gasteiger partial charge in [0.25, 0.3) is 0 Å². The summed E-state index contributed by atoms with van der Waals surface area (Å²) in [6.07, 6.45) is 4.25. The van der Waals surface area contributed by atoms with Crippen LogP contribution in [0.4, 0.5) is 0 Å². The molecule has 0 aliphatic heterocycles. The first kappa shape index (κ1) is 8.71. The molecule has 12 heavy (non-hydrogen) atoms. The summed E-state index contributed by atoms with van der Waals surface area (Å²) in [6.45, 7) is 3.42. The van der Waals surface area contributed by atoms with Gasteiger partial charge in [-0.1, -0.05) is 6.07 Å². The van der Waals surface area contributed by atoms with E-state index in [9.17, 15) is 4.79 Å². The molecule has 0 aliphatic carbocycles. The molecule has 0 atom stereocenters. The normalized spacial score (nSPS) is 10.8. The molecule has 3 heteroatoms. The molecule has 1 aromatic heterocycles. The van der Waals surface area contributed by atoms with Crippen LogP contribution in [0.15, 0.2) is 30.6 Å². The predicted molar refractivity (Wildman–Crippen MR) is 43.4 cm³/mol. The monoisotopic (exact) mass is 166 g/mol. The van der Waals surface area contributed by atoms with Crippen molar-refractivity contribution in [3.63, 3.8) is 0 Å². The van der Waals surface area contributed by atoms with Crippen LogP contribution in [0.1, 0.15) is 13.8 Å². The van der Waals surface area contributed by atoms with Crippen LogP contribution in [0.2, 0.25) is 0 Å². The number of carbonyl (C=O) groups is 1. The number of carbonyl (C=O) groups excluding carboxylic acids is 1. The Labute approximate surface area is 71.5 Å². The topological polar surface area (TPSA) is 30.2 Å². The van der Waals surface area contributed by atoms with Crippen molar-refractivity contribution < 1.29 is 14.4 Å². The fourth-order valence-corrected chi connectivity index (χ4v) is 0.737. The minimum atomic E-state index is -0.772. The highest BCUT2D eigenvalue weighted by molar-refractivity contribution is 5.60. The Morgan fingerprint density at radius 3 is 2.33 bits per heavy atom. The van der Waals surface area contributed by atoms with E-state index in [0.717, 1.165) is 6.29 Å². The highest BCUT2D eigenvalue weighted by Crippen LogP contribution is 1.95. The van der Waals surface area contributed by atoms with Crippen LogP contribution in [0.3, 0.4) is 0 Å². The lowest BCUT2D eigenvalue weighted by atomic mass is 10.2. The Morgan fingerprint density at radius 2 is 1.83 bits per heavy atom. The number of rotatable bonds is 3. The van der Waals surface area contributed by atoms with E-state index in [1.54, 1.807) is 26.2 Å². The van der Waals surface area contributed by atoms with Crippen molar-refractivity contribution in [2.75, 3.05) is 0 Å². The van der Waals surface area contributed by atoms with Gasteiger partial charge < -0.3 is 0 Å². The van der Waals surface area contributed by atoms with Gasteiger partial charge in [0.15, 0.2) is 6.29 Å². The molecule has 0 aromatic carbocycles. The van der Waals surface area contributed by atoms with Crippen molar-refractivity contribution in [3.05, 3.63) is 30.6 Å². The number of nitrogens with zero attached hydrogens (tertiary/aromatic N) is 1. The second-order valence-corrected chi connectivity index (χ2v) is 3.05. The smallest absolute Gasteiger partial charge is 0.229 e. The molecular formula is C9H12NO2+. The predicted octanol–water partition coefficient (Wildman–Crippen LogP) is 0.380. The minimum Gasteiger partial charge on any atom is -0.299 e. The van der Waals surface area contributed by atoms with Crippen LogP contribution in [0.25, 0.3) is 0 Å². The molecule has 64 valence electrons. The van der Waals surface area contributed by atoms with Crippen molar-refractivity contribution in [2.45, 2.75) is 19.4 Å². The summed E-state index contributed by atoms with van der Waals surface area (Å²) >= 11 is 0. The summed E-state index contributed by atoms with van der Waals surface area (Å²) < 4.78 is 1.51. The van der Waals surface area contributed by atoms with Crippen LogP contribution in [-0.4, -0.2) is 11.9 Å². The van der Waals surface area contributed by atoms with Crippen LogP contribution >= 0.6 is 0 Å². The van der Waals surface area contributed by atoms with Crippen molar-refractivity contribution in [1.29, 1.82) is 0 Å². The summed E-state index contributed by atoms with van der Waals surface area (Å²) in [5.41, 5.74) is -0.772. The van der Waals surface area contributed by atoms with E-state index in [-0.39, 0.29) is 0 Å². The third-order valence-electron chi connectivity index (χ3n) is 1.31. The summed E-state index contributed by atoms with van der Waals surface area (Å²) in [4.78, 5) is 15.8. The number of aldehydes is 1. The third-order valence-corrected chi connectivity index (χ3v) is 1.31. The molecule has 0 unspecified atom stereocenters. The fourth-order valence-electron chi connectivity index (χ4n) is 0.737. The molecule has 3 nitrogen and oxygen atoms in total. The second-order valence-electron chi connectivity index (χ2n) is 3.05. The van der Waals surface area contributed by atoms with Crippen LogP contribution < -0.4 is 9.57 Å². The third kappa shape index (κ3) is 2.34. The lowest BCUT2D eigenvalue weighted by Crippen LogP contribution is -2.52. The van der Waals surface area contributed by atoms with Gasteiger partial charge in [0.05, 0.1) is 0 Å². The number of hydrogen-bond acceptors (Lipinski definition) is 2. The van der Waals surface area contributed by atoms with E-state index in [2.05, 4.69) is 0 Å². The van der Waals surface area contributed by atoms with Crippen molar-refractivity contribution in [2.24, 2.45) is 0 Å². The van der Waals surface area contributed by atoms with Crippen molar-refractivity contribution in [1.82, 2.24) is 0 Å². The first-order chi connectivity index (χ1) is 5.64. The summed E-state index contributed by atoms with van der Waals surface area (Å²) in [6, 6.07) is 5.55. The second kappa shape index (κ2) is 3.34. The first-order valence-corrected chi connectivity index (χ1v) is 3.76.